The van der Waals surface area contributed by atoms with Crippen LogP contribution < -0.4 is 15.1 Å². The summed E-state index contributed by atoms with van der Waals surface area (Å²) >= 11 is 0. The van der Waals surface area contributed by atoms with Gasteiger partial charge in [-0.25, -0.2) is 9.18 Å². The summed E-state index contributed by atoms with van der Waals surface area (Å²) in [7, 11) is 0. The number of carbonyl (C=O) groups excluding carboxylic acids is 3. The average Bonchev–Trinajstić information content (AvgIpc) is 3.55. The van der Waals surface area contributed by atoms with Crippen molar-refractivity contribution in [3.63, 3.8) is 0 Å². The number of aromatic nitrogens is 2. The number of ketones is 1. The Morgan fingerprint density at radius 1 is 1.00 bits per heavy atom. The highest BCUT2D eigenvalue weighted by Crippen LogP contribution is 2.46. The highest BCUT2D eigenvalue weighted by molar-refractivity contribution is 6.20. The van der Waals surface area contributed by atoms with E-state index in [0.29, 0.717) is 29.5 Å². The molecule has 0 unspecified atom stereocenters. The lowest BCUT2D eigenvalue weighted by atomic mass is 9.70. The molecule has 52 heavy (non-hydrogen) atoms. The molecule has 268 valence electrons. The van der Waals surface area contributed by atoms with Gasteiger partial charge in [0.2, 0.25) is 5.91 Å². The number of hydrogen-bond acceptors (Lipinski definition) is 8. The zero-order chi connectivity index (χ0) is 36.3. The number of amides is 3. The van der Waals surface area contributed by atoms with Crippen LogP contribution in [0.15, 0.2) is 42.6 Å². The van der Waals surface area contributed by atoms with Gasteiger partial charge in [0.1, 0.15) is 5.82 Å². The fraction of sp³-hybridized carbons (Fsp3) is 0.425. The van der Waals surface area contributed by atoms with Gasteiger partial charge in [0.15, 0.2) is 5.78 Å². The molecule has 0 spiro atoms. The van der Waals surface area contributed by atoms with E-state index in [4.69, 9.17) is 0 Å². The number of piperidine rings is 1. The summed E-state index contributed by atoms with van der Waals surface area (Å²) in [5.41, 5.74) is 7.51. The quantitative estimate of drug-likeness (QED) is 0.279. The van der Waals surface area contributed by atoms with Gasteiger partial charge >= 0.3 is 6.03 Å². The maximum absolute atomic E-state index is 15.1. The van der Waals surface area contributed by atoms with E-state index >= 15 is 4.39 Å². The smallest absolute Gasteiger partial charge is 0.328 e. The zero-order valence-electron chi connectivity index (χ0n) is 29.9. The van der Waals surface area contributed by atoms with Gasteiger partial charge in [0.25, 0.3) is 0 Å². The highest BCUT2D eigenvalue weighted by Gasteiger charge is 2.41. The summed E-state index contributed by atoms with van der Waals surface area (Å²) in [5, 5.41) is 12.6. The number of fused-ring (bicyclic) bond motifs is 4. The number of nitrogens with zero attached hydrogens (tertiary/aromatic N) is 6. The van der Waals surface area contributed by atoms with Crippen molar-refractivity contribution in [3.05, 3.63) is 87.6 Å². The van der Waals surface area contributed by atoms with Crippen molar-refractivity contribution >= 4 is 40.0 Å². The Balaban J connectivity index is 0.912. The molecule has 2 N–H and O–H groups in total. The number of nitrogens with one attached hydrogen (secondary N) is 2. The van der Waals surface area contributed by atoms with Crippen LogP contribution in [0.3, 0.4) is 0 Å². The first-order chi connectivity index (χ1) is 25.0. The van der Waals surface area contributed by atoms with Gasteiger partial charge in [-0.05, 0) is 54.7 Å². The number of H-pyrrole nitrogens is 1. The predicted molar refractivity (Wildman–Crippen MR) is 196 cm³/mol. The number of urea groups is 1. The lowest BCUT2D eigenvalue weighted by Gasteiger charge is -2.44. The number of pyridine rings is 1. The van der Waals surface area contributed by atoms with Crippen LogP contribution in [0, 0.1) is 17.1 Å². The fourth-order valence-corrected chi connectivity index (χ4v) is 8.66. The van der Waals surface area contributed by atoms with Crippen molar-refractivity contribution in [2.45, 2.75) is 64.5 Å². The van der Waals surface area contributed by atoms with Crippen LogP contribution in [0.5, 0.6) is 0 Å². The molecule has 5 heterocycles. The Morgan fingerprint density at radius 2 is 1.77 bits per heavy atom. The Morgan fingerprint density at radius 3 is 2.46 bits per heavy atom. The topological polar surface area (TPSA) is 129 Å². The first-order valence-corrected chi connectivity index (χ1v) is 18.3. The second-order valence-corrected chi connectivity index (χ2v) is 15.0. The SMILES string of the molecule is CCc1cc2c(cc1N1CCC(N3CCN(Cc4ncc(N5CCC(=O)NC5=O)cc4F)CC3)CC1)C(C)(C)c1[nH]c3cc(C#N)ccc3c1C2=O. The standard InChI is InChI=1S/C40H43FN8O3/c1-4-25-18-29-30(40(2,3)38-36(37(29)51)28-6-5-24(21-42)17-32(28)44-38)20-34(25)48-10-7-26(8-11-48)47-15-13-46(14-16-47)23-33-31(41)19-27(22-43-33)49-12-9-35(50)45-39(49)52/h5-6,17-20,22,26,44H,4,7-16,23H2,1-3H3,(H,45,50,52). The number of benzene rings is 2. The number of nitriles is 1. The van der Waals surface area contributed by atoms with Crippen LogP contribution >= 0.6 is 0 Å². The molecule has 0 bridgehead atoms. The third-order valence-electron chi connectivity index (χ3n) is 11.7. The van der Waals surface area contributed by atoms with Gasteiger partial charge in [-0.3, -0.25) is 34.6 Å². The highest BCUT2D eigenvalue weighted by atomic mass is 19.1. The molecule has 3 fully saturated rings. The Kier molecular flexibility index (Phi) is 8.59. The number of piperazine rings is 1. The van der Waals surface area contributed by atoms with Gasteiger partial charge < -0.3 is 9.88 Å². The molecule has 2 aromatic heterocycles. The van der Waals surface area contributed by atoms with Gasteiger partial charge in [-0.2, -0.15) is 5.26 Å². The van der Waals surface area contributed by atoms with E-state index in [1.807, 2.05) is 12.1 Å². The number of hydrogen-bond donors (Lipinski definition) is 2. The molecule has 12 heteroatoms. The van der Waals surface area contributed by atoms with Crippen LogP contribution in [-0.4, -0.2) is 89.3 Å². The van der Waals surface area contributed by atoms with Gasteiger partial charge in [0, 0.05) is 104 Å². The second-order valence-electron chi connectivity index (χ2n) is 15.0. The van der Waals surface area contributed by atoms with Crippen LogP contribution in [-0.2, 0) is 23.2 Å². The lowest BCUT2D eigenvalue weighted by molar-refractivity contribution is -0.120. The molecule has 11 nitrogen and oxygen atoms in total. The third-order valence-corrected chi connectivity index (χ3v) is 11.7. The summed E-state index contributed by atoms with van der Waals surface area (Å²) in [4.78, 5) is 54.2. The third kappa shape index (κ3) is 5.82. The first-order valence-electron chi connectivity index (χ1n) is 18.3. The largest absolute Gasteiger partial charge is 0.371 e. The summed E-state index contributed by atoms with van der Waals surface area (Å²) in [6.45, 7) is 12.4. The van der Waals surface area contributed by atoms with E-state index in [1.54, 1.807) is 6.07 Å². The number of aryl methyl sites for hydroxylation is 1. The van der Waals surface area contributed by atoms with Gasteiger partial charge in [0.05, 0.1) is 34.8 Å². The molecule has 3 amide bonds. The Labute approximate surface area is 302 Å². The maximum atomic E-state index is 15.1. The van der Waals surface area contributed by atoms with Crippen LogP contribution in [0.2, 0.25) is 0 Å². The van der Waals surface area contributed by atoms with Crippen LogP contribution in [0.4, 0.5) is 20.6 Å². The fourth-order valence-electron chi connectivity index (χ4n) is 8.66. The molecule has 0 saturated carbocycles. The van der Waals surface area contributed by atoms with E-state index in [1.165, 1.54) is 28.4 Å². The summed E-state index contributed by atoms with van der Waals surface area (Å²) in [6.07, 6.45) is 4.60. The molecule has 4 aromatic rings. The van der Waals surface area contributed by atoms with E-state index in [0.717, 1.165) is 91.8 Å². The van der Waals surface area contributed by atoms with Crippen molar-refractivity contribution in [1.82, 2.24) is 25.1 Å². The minimum atomic E-state index is -0.553. The first kappa shape index (κ1) is 34.0. The van der Waals surface area contributed by atoms with Gasteiger partial charge in [-0.1, -0.05) is 26.8 Å². The number of imide groups is 1. The van der Waals surface area contributed by atoms with E-state index in [2.05, 4.69) is 69.0 Å². The minimum absolute atomic E-state index is 0.0418. The number of aromatic amines is 1. The molecule has 3 aliphatic heterocycles. The second kappa shape index (κ2) is 13.1. The number of rotatable bonds is 6. The predicted octanol–water partition coefficient (Wildman–Crippen LogP) is 5.24. The van der Waals surface area contributed by atoms with Crippen molar-refractivity contribution in [2.75, 3.05) is 55.6 Å². The maximum Gasteiger partial charge on any atom is 0.328 e. The van der Waals surface area contributed by atoms with Crippen molar-refractivity contribution < 1.29 is 18.8 Å². The van der Waals surface area contributed by atoms with E-state index < -0.39 is 17.3 Å². The minimum Gasteiger partial charge on any atom is -0.371 e. The van der Waals surface area contributed by atoms with Crippen LogP contribution in [0.1, 0.15) is 84.0 Å². The molecule has 2 aromatic carbocycles. The van der Waals surface area contributed by atoms with Crippen molar-refractivity contribution in [1.29, 1.82) is 5.26 Å². The van der Waals surface area contributed by atoms with Crippen molar-refractivity contribution in [3.8, 4) is 6.07 Å². The molecule has 3 saturated heterocycles. The summed E-state index contributed by atoms with van der Waals surface area (Å²) < 4.78 is 15.1. The summed E-state index contributed by atoms with van der Waals surface area (Å²) in [6, 6.07) is 13.4. The number of halogens is 1. The summed E-state index contributed by atoms with van der Waals surface area (Å²) in [5.74, 6) is -0.739. The molecule has 8 rings (SSSR count). The Bertz CT molecular complexity index is 2150. The molecule has 0 atom stereocenters. The number of anilines is 2. The molecule has 4 aliphatic rings. The van der Waals surface area contributed by atoms with Gasteiger partial charge in [-0.15, -0.1) is 0 Å². The molecule has 0 radical (unpaired) electrons. The monoisotopic (exact) mass is 702 g/mol. The zero-order valence-corrected chi connectivity index (χ0v) is 29.9. The number of carbonyl (C=O) groups is 3. The van der Waals surface area contributed by atoms with E-state index in [9.17, 15) is 19.6 Å². The normalized spacial score (nSPS) is 19.8. The lowest BCUT2D eigenvalue weighted by Crippen LogP contribution is -2.53. The van der Waals surface area contributed by atoms with Crippen molar-refractivity contribution in [2.24, 2.45) is 0 Å². The average molecular weight is 703 g/mol. The molecule has 1 aliphatic carbocycles. The molecular formula is C40H43FN8O3. The molecular weight excluding hydrogens is 659 g/mol. The van der Waals surface area contributed by atoms with E-state index in [-0.39, 0.29) is 24.7 Å². The van der Waals surface area contributed by atoms with Crippen LogP contribution in [0.25, 0.3) is 10.9 Å². The Hall–Kier alpha value is -5.12.